The second-order valence-corrected chi connectivity index (χ2v) is 12.2. The molecule has 0 fully saturated rings. The zero-order chi connectivity index (χ0) is 31.9. The van der Waals surface area contributed by atoms with Crippen LogP contribution in [0.4, 0.5) is 17.1 Å². The molecule has 0 amide bonds. The zero-order valence-electron chi connectivity index (χ0n) is 26.4. The van der Waals surface area contributed by atoms with Crippen LogP contribution < -0.4 is 4.90 Å². The van der Waals surface area contributed by atoms with E-state index in [1.54, 1.807) is 0 Å². The molecule has 0 N–H and O–H groups in total. The molecule has 9 aromatic rings. The Morgan fingerprint density at radius 1 is 0.354 bits per heavy atom. The molecule has 0 bridgehead atoms. The van der Waals surface area contributed by atoms with Crippen molar-refractivity contribution >= 4 is 49.6 Å². The van der Waals surface area contributed by atoms with Crippen molar-refractivity contribution in [3.05, 3.63) is 194 Å². The quantitative estimate of drug-likeness (QED) is 0.181. The normalized spacial score (nSPS) is 11.3. The van der Waals surface area contributed by atoms with Crippen LogP contribution in [0.1, 0.15) is 0 Å². The number of para-hydroxylation sites is 2. The summed E-state index contributed by atoms with van der Waals surface area (Å²) in [6.45, 7) is 0. The minimum absolute atomic E-state index is 1.10. The molecule has 9 rings (SSSR count). The molecule has 226 valence electrons. The third-order valence-electron chi connectivity index (χ3n) is 9.35. The summed E-state index contributed by atoms with van der Waals surface area (Å²) < 4.78 is 2.42. The molecule has 2 nitrogen and oxygen atoms in total. The summed E-state index contributed by atoms with van der Waals surface area (Å²) in [5.74, 6) is 0. The summed E-state index contributed by atoms with van der Waals surface area (Å²) in [7, 11) is 0. The molecular formula is C46H32N2. The maximum atomic E-state index is 2.42. The van der Waals surface area contributed by atoms with Crippen molar-refractivity contribution < 1.29 is 0 Å². The molecule has 48 heavy (non-hydrogen) atoms. The third-order valence-corrected chi connectivity index (χ3v) is 9.35. The van der Waals surface area contributed by atoms with Crippen molar-refractivity contribution in [1.82, 2.24) is 4.57 Å². The molecular weight excluding hydrogens is 581 g/mol. The molecule has 1 aromatic heterocycles. The predicted octanol–water partition coefficient (Wildman–Crippen LogP) is 12.7. The topological polar surface area (TPSA) is 8.17 Å². The van der Waals surface area contributed by atoms with Gasteiger partial charge in [0.15, 0.2) is 0 Å². The highest BCUT2D eigenvalue weighted by Gasteiger charge is 2.20. The van der Waals surface area contributed by atoms with Crippen LogP contribution in [0, 0.1) is 0 Å². The van der Waals surface area contributed by atoms with Crippen molar-refractivity contribution in [3.8, 4) is 27.9 Å². The standard InChI is InChI=1S/C46H32N2/c1-4-15-33(16-5-1)35-19-12-24-38(31-35)47(36-20-6-2-7-21-36)39-29-30-43-45(32-39)48(37-22-8-3-9-23-37)44-28-14-27-42(46(43)44)41-26-13-18-34-17-10-11-25-40(34)41/h1-32H. The van der Waals surface area contributed by atoms with Crippen LogP contribution in [0.25, 0.3) is 60.5 Å². The monoisotopic (exact) mass is 612 g/mol. The van der Waals surface area contributed by atoms with E-state index >= 15 is 0 Å². The van der Waals surface area contributed by atoms with Gasteiger partial charge in [0.25, 0.3) is 0 Å². The van der Waals surface area contributed by atoms with Crippen LogP contribution in [0.15, 0.2) is 194 Å². The van der Waals surface area contributed by atoms with Crippen LogP contribution >= 0.6 is 0 Å². The Hall–Kier alpha value is -6.38. The largest absolute Gasteiger partial charge is 0.310 e. The van der Waals surface area contributed by atoms with Gasteiger partial charge in [-0.2, -0.15) is 0 Å². The van der Waals surface area contributed by atoms with E-state index < -0.39 is 0 Å². The van der Waals surface area contributed by atoms with E-state index in [1.165, 1.54) is 54.8 Å². The van der Waals surface area contributed by atoms with Gasteiger partial charge in [-0.1, -0.05) is 140 Å². The fourth-order valence-corrected chi connectivity index (χ4v) is 7.21. The van der Waals surface area contributed by atoms with Crippen molar-refractivity contribution in [2.24, 2.45) is 0 Å². The fraction of sp³-hybridized carbons (Fsp3) is 0. The van der Waals surface area contributed by atoms with E-state index in [0.29, 0.717) is 0 Å². The first-order valence-corrected chi connectivity index (χ1v) is 16.4. The number of rotatable bonds is 6. The fourth-order valence-electron chi connectivity index (χ4n) is 7.21. The lowest BCUT2D eigenvalue weighted by Crippen LogP contribution is -2.10. The molecule has 0 atom stereocenters. The average Bonchev–Trinajstić information content (AvgIpc) is 3.50. The van der Waals surface area contributed by atoms with E-state index in [4.69, 9.17) is 0 Å². The highest BCUT2D eigenvalue weighted by atomic mass is 15.1. The Kier molecular flexibility index (Phi) is 6.84. The molecule has 0 aliphatic heterocycles. The summed E-state index contributed by atoms with van der Waals surface area (Å²) in [4.78, 5) is 2.37. The lowest BCUT2D eigenvalue weighted by molar-refractivity contribution is 1.18. The average molecular weight is 613 g/mol. The number of fused-ring (bicyclic) bond motifs is 4. The maximum Gasteiger partial charge on any atom is 0.0562 e. The number of nitrogens with zero attached hydrogens (tertiary/aromatic N) is 2. The highest BCUT2D eigenvalue weighted by Crippen LogP contribution is 2.44. The summed E-state index contributed by atoms with van der Waals surface area (Å²) in [5, 5.41) is 5.00. The molecule has 0 aliphatic rings. The van der Waals surface area contributed by atoms with Crippen molar-refractivity contribution in [2.75, 3.05) is 4.90 Å². The number of anilines is 3. The SMILES string of the molecule is c1ccc(-c2cccc(N(c3ccccc3)c3ccc4c5c(-c6cccc7ccccc67)cccc5n(-c5ccccc5)c4c3)c2)cc1. The second-order valence-electron chi connectivity index (χ2n) is 12.2. The van der Waals surface area contributed by atoms with E-state index in [-0.39, 0.29) is 0 Å². The molecule has 8 aromatic carbocycles. The van der Waals surface area contributed by atoms with Crippen molar-refractivity contribution in [3.63, 3.8) is 0 Å². The van der Waals surface area contributed by atoms with E-state index in [1.807, 2.05) is 0 Å². The maximum absolute atomic E-state index is 2.42. The van der Waals surface area contributed by atoms with Gasteiger partial charge in [0.1, 0.15) is 0 Å². The Bertz CT molecular complexity index is 2540. The van der Waals surface area contributed by atoms with Crippen LogP contribution in [0.2, 0.25) is 0 Å². The van der Waals surface area contributed by atoms with E-state index in [0.717, 1.165) is 22.7 Å². The van der Waals surface area contributed by atoms with Crippen LogP contribution in [0.5, 0.6) is 0 Å². The van der Waals surface area contributed by atoms with Gasteiger partial charge in [-0.25, -0.2) is 0 Å². The van der Waals surface area contributed by atoms with Gasteiger partial charge in [0.05, 0.1) is 11.0 Å². The molecule has 0 spiro atoms. The Morgan fingerprint density at radius 2 is 0.958 bits per heavy atom. The summed E-state index contributed by atoms with van der Waals surface area (Å²) in [5.41, 5.74) is 11.7. The van der Waals surface area contributed by atoms with Gasteiger partial charge >= 0.3 is 0 Å². The van der Waals surface area contributed by atoms with Gasteiger partial charge < -0.3 is 9.47 Å². The van der Waals surface area contributed by atoms with Crippen molar-refractivity contribution in [2.45, 2.75) is 0 Å². The zero-order valence-corrected chi connectivity index (χ0v) is 26.4. The first kappa shape index (κ1) is 27.9. The lowest BCUT2D eigenvalue weighted by Gasteiger charge is -2.26. The van der Waals surface area contributed by atoms with Gasteiger partial charge in [-0.3, -0.25) is 0 Å². The van der Waals surface area contributed by atoms with Crippen LogP contribution in [-0.2, 0) is 0 Å². The Labute approximate surface area is 280 Å². The lowest BCUT2D eigenvalue weighted by atomic mass is 9.94. The minimum Gasteiger partial charge on any atom is -0.310 e. The number of hydrogen-bond acceptors (Lipinski definition) is 1. The highest BCUT2D eigenvalue weighted by molar-refractivity contribution is 6.18. The smallest absolute Gasteiger partial charge is 0.0562 e. The number of aromatic nitrogens is 1. The molecule has 0 unspecified atom stereocenters. The van der Waals surface area contributed by atoms with E-state index in [9.17, 15) is 0 Å². The van der Waals surface area contributed by atoms with Crippen LogP contribution in [0.3, 0.4) is 0 Å². The summed E-state index contributed by atoms with van der Waals surface area (Å²) in [6, 6.07) is 69.8. The third kappa shape index (κ3) is 4.74. The van der Waals surface area contributed by atoms with Gasteiger partial charge in [-0.15, -0.1) is 0 Å². The predicted molar refractivity (Wildman–Crippen MR) is 204 cm³/mol. The molecule has 0 saturated carbocycles. The first-order valence-electron chi connectivity index (χ1n) is 16.4. The summed E-state index contributed by atoms with van der Waals surface area (Å²) >= 11 is 0. The molecule has 0 aliphatic carbocycles. The van der Waals surface area contributed by atoms with Crippen molar-refractivity contribution in [1.29, 1.82) is 0 Å². The Morgan fingerprint density at radius 3 is 1.79 bits per heavy atom. The molecule has 1 heterocycles. The van der Waals surface area contributed by atoms with Gasteiger partial charge in [0.2, 0.25) is 0 Å². The molecule has 0 radical (unpaired) electrons. The Balaban J connectivity index is 1.32. The van der Waals surface area contributed by atoms with Gasteiger partial charge in [0, 0.05) is 33.5 Å². The number of benzene rings is 8. The first-order chi connectivity index (χ1) is 23.8. The molecule has 2 heteroatoms. The van der Waals surface area contributed by atoms with Gasteiger partial charge in [-0.05, 0) is 87.6 Å². The van der Waals surface area contributed by atoms with E-state index in [2.05, 4.69) is 204 Å². The van der Waals surface area contributed by atoms with Crippen LogP contribution in [-0.4, -0.2) is 4.57 Å². The second kappa shape index (κ2) is 11.8. The molecule has 0 saturated heterocycles. The summed E-state index contributed by atoms with van der Waals surface area (Å²) in [6.07, 6.45) is 0. The minimum atomic E-state index is 1.10. The number of hydrogen-bond donors (Lipinski definition) is 0.